The van der Waals surface area contributed by atoms with E-state index in [4.69, 9.17) is 25.5 Å². The molecule has 1 saturated heterocycles. The maximum atomic E-state index is 13.6. The van der Waals surface area contributed by atoms with E-state index in [0.717, 1.165) is 18.4 Å². The van der Waals surface area contributed by atoms with E-state index in [1.807, 2.05) is 0 Å². The normalized spacial score (nSPS) is 18.5. The molecule has 1 amide bonds. The third kappa shape index (κ3) is 6.37. The maximum Gasteiger partial charge on any atom is 0.340 e. The highest BCUT2D eigenvalue weighted by atomic mass is 35.5. The SMILES string of the molecule is COC(=O)C1=C(C)N(C[C@H]2CCCO2)C(=O)/C1=C/c1ccc(CN(Cc2ccc(Cl)cc2)S(=O)(=O)c2ccccc2)o1. The first-order valence-electron chi connectivity index (χ1n) is 13.5. The molecule has 0 spiro atoms. The van der Waals surface area contributed by atoms with Crippen molar-refractivity contribution in [2.24, 2.45) is 0 Å². The van der Waals surface area contributed by atoms with Crippen LogP contribution in [0.25, 0.3) is 6.08 Å². The number of benzene rings is 2. The molecule has 0 aliphatic carbocycles. The van der Waals surface area contributed by atoms with Crippen molar-refractivity contribution < 1.29 is 31.9 Å². The number of allylic oxidation sites excluding steroid dienone is 1. The predicted octanol–water partition coefficient (Wildman–Crippen LogP) is 5.18. The first-order valence-corrected chi connectivity index (χ1v) is 15.3. The van der Waals surface area contributed by atoms with E-state index >= 15 is 0 Å². The van der Waals surface area contributed by atoms with Gasteiger partial charge in [-0.05, 0) is 67.8 Å². The van der Waals surface area contributed by atoms with Gasteiger partial charge in [-0.2, -0.15) is 4.31 Å². The van der Waals surface area contributed by atoms with Crippen molar-refractivity contribution in [3.8, 4) is 0 Å². The van der Waals surface area contributed by atoms with Crippen molar-refractivity contribution in [3.63, 3.8) is 0 Å². The standard InChI is InChI=1S/C31H31ClN2O7S/c1-21-29(31(36)39-2)28(30(35)34(21)20-25-7-6-16-40-25)17-24-14-15-26(41-24)19-33(18-22-10-12-23(32)13-11-22)42(37,38)27-8-4-3-5-9-27/h3-5,8-15,17,25H,6-7,16,18-20H2,1-2H3/b28-17+/t25-/m1/s1. The van der Waals surface area contributed by atoms with Crippen LogP contribution in [-0.2, 0) is 42.2 Å². The van der Waals surface area contributed by atoms with Gasteiger partial charge in [0.1, 0.15) is 11.5 Å². The summed E-state index contributed by atoms with van der Waals surface area (Å²) in [5.74, 6) is -0.323. The van der Waals surface area contributed by atoms with Crippen LogP contribution in [0.4, 0.5) is 0 Å². The molecule has 1 aromatic heterocycles. The minimum absolute atomic E-state index is 0.0686. The fourth-order valence-corrected chi connectivity index (χ4v) is 6.62. The highest BCUT2D eigenvalue weighted by Gasteiger charge is 2.38. The second-order valence-corrected chi connectivity index (χ2v) is 12.5. The topological polar surface area (TPSA) is 106 Å². The lowest BCUT2D eigenvalue weighted by molar-refractivity contribution is -0.136. The third-order valence-corrected chi connectivity index (χ3v) is 9.32. The largest absolute Gasteiger partial charge is 0.465 e. The lowest BCUT2D eigenvalue weighted by atomic mass is 10.1. The summed E-state index contributed by atoms with van der Waals surface area (Å²) in [5.41, 5.74) is 1.55. The number of nitrogens with zero attached hydrogens (tertiary/aromatic N) is 2. The number of esters is 1. The fourth-order valence-electron chi connectivity index (χ4n) is 5.07. The van der Waals surface area contributed by atoms with E-state index in [-0.39, 0.29) is 41.1 Å². The van der Waals surface area contributed by atoms with E-state index in [0.29, 0.717) is 35.4 Å². The predicted molar refractivity (Wildman–Crippen MR) is 156 cm³/mol. The molecule has 2 aliphatic heterocycles. The van der Waals surface area contributed by atoms with Gasteiger partial charge in [0, 0.05) is 23.9 Å². The van der Waals surface area contributed by atoms with Gasteiger partial charge in [-0.15, -0.1) is 0 Å². The summed E-state index contributed by atoms with van der Waals surface area (Å²) < 4.78 is 45.3. The molecule has 0 N–H and O–H groups in total. The molecule has 9 nitrogen and oxygen atoms in total. The average molecular weight is 611 g/mol. The zero-order valence-corrected chi connectivity index (χ0v) is 24.9. The zero-order chi connectivity index (χ0) is 29.9. The molecule has 0 saturated carbocycles. The monoisotopic (exact) mass is 610 g/mol. The van der Waals surface area contributed by atoms with Gasteiger partial charge in [0.15, 0.2) is 0 Å². The zero-order valence-electron chi connectivity index (χ0n) is 23.3. The van der Waals surface area contributed by atoms with Crippen LogP contribution in [0.1, 0.15) is 36.8 Å². The van der Waals surface area contributed by atoms with E-state index in [1.165, 1.54) is 22.4 Å². The summed E-state index contributed by atoms with van der Waals surface area (Å²) in [6, 6.07) is 18.4. The molecule has 0 unspecified atom stereocenters. The third-order valence-electron chi connectivity index (χ3n) is 7.27. The second-order valence-electron chi connectivity index (χ2n) is 10.1. The number of methoxy groups -OCH3 is 1. The Morgan fingerprint density at radius 3 is 2.50 bits per heavy atom. The van der Waals surface area contributed by atoms with Gasteiger partial charge in [-0.3, -0.25) is 4.79 Å². The number of hydrogen-bond acceptors (Lipinski definition) is 7. The number of hydrogen-bond donors (Lipinski definition) is 0. The first-order chi connectivity index (χ1) is 20.2. The highest BCUT2D eigenvalue weighted by molar-refractivity contribution is 7.89. The van der Waals surface area contributed by atoms with Crippen molar-refractivity contribution in [2.75, 3.05) is 20.3 Å². The molecular formula is C31H31ClN2O7S. The number of ether oxygens (including phenoxy) is 2. The number of carbonyl (C=O) groups excluding carboxylic acids is 2. The molecule has 1 fully saturated rings. The molecule has 42 heavy (non-hydrogen) atoms. The molecule has 0 bridgehead atoms. The second kappa shape index (κ2) is 12.7. The molecule has 3 aromatic rings. The van der Waals surface area contributed by atoms with Crippen LogP contribution < -0.4 is 0 Å². The summed E-state index contributed by atoms with van der Waals surface area (Å²) in [6.07, 6.45) is 3.15. The molecule has 3 heterocycles. The minimum Gasteiger partial charge on any atom is -0.465 e. The quantitative estimate of drug-likeness (QED) is 0.230. The van der Waals surface area contributed by atoms with Crippen molar-refractivity contribution in [1.29, 1.82) is 0 Å². The van der Waals surface area contributed by atoms with E-state index < -0.39 is 16.0 Å². The Morgan fingerprint density at radius 1 is 1.10 bits per heavy atom. The molecule has 220 valence electrons. The van der Waals surface area contributed by atoms with Crippen LogP contribution in [0.3, 0.4) is 0 Å². The number of carbonyl (C=O) groups is 2. The van der Waals surface area contributed by atoms with Gasteiger partial charge >= 0.3 is 5.97 Å². The Bertz CT molecular complexity index is 1620. The van der Waals surface area contributed by atoms with Gasteiger partial charge in [0.2, 0.25) is 10.0 Å². The number of rotatable bonds is 10. The minimum atomic E-state index is -3.90. The Kier molecular flexibility index (Phi) is 8.98. The molecule has 1 atom stereocenters. The summed E-state index contributed by atoms with van der Waals surface area (Å²) in [4.78, 5) is 27.8. The Hall–Kier alpha value is -3.70. The van der Waals surface area contributed by atoms with Crippen molar-refractivity contribution in [3.05, 3.63) is 106 Å². The Labute approximate surface area is 250 Å². The van der Waals surface area contributed by atoms with Crippen molar-refractivity contribution in [2.45, 2.75) is 43.9 Å². The van der Waals surface area contributed by atoms with E-state index in [9.17, 15) is 18.0 Å². The molecule has 5 rings (SSSR count). The van der Waals surface area contributed by atoms with Crippen LogP contribution in [0, 0.1) is 0 Å². The summed E-state index contributed by atoms with van der Waals surface area (Å²) in [7, 11) is -2.63. The average Bonchev–Trinajstić information content (AvgIpc) is 3.72. The van der Waals surface area contributed by atoms with Crippen molar-refractivity contribution in [1.82, 2.24) is 9.21 Å². The fraction of sp³-hybridized carbons (Fsp3) is 0.290. The van der Waals surface area contributed by atoms with Gasteiger partial charge in [-0.25, -0.2) is 13.2 Å². The molecule has 2 aliphatic rings. The lowest BCUT2D eigenvalue weighted by Crippen LogP contribution is -2.33. The van der Waals surface area contributed by atoms with E-state index in [1.54, 1.807) is 73.7 Å². The van der Waals surface area contributed by atoms with E-state index in [2.05, 4.69) is 0 Å². The van der Waals surface area contributed by atoms with Crippen LogP contribution in [0.5, 0.6) is 0 Å². The summed E-state index contributed by atoms with van der Waals surface area (Å²) >= 11 is 6.03. The highest BCUT2D eigenvalue weighted by Crippen LogP contribution is 2.33. The number of halogens is 1. The number of sulfonamides is 1. The molecule has 11 heteroatoms. The van der Waals surface area contributed by atoms with Gasteiger partial charge in [0.05, 0.1) is 42.3 Å². The van der Waals surface area contributed by atoms with Crippen LogP contribution in [0.15, 0.2) is 92.9 Å². The lowest BCUT2D eigenvalue weighted by Gasteiger charge is -2.21. The molecule has 2 aromatic carbocycles. The smallest absolute Gasteiger partial charge is 0.340 e. The molecule has 0 radical (unpaired) electrons. The summed E-state index contributed by atoms with van der Waals surface area (Å²) in [5, 5.41) is 0.548. The Balaban J connectivity index is 1.43. The van der Waals surface area contributed by atoms with Crippen LogP contribution >= 0.6 is 11.6 Å². The summed E-state index contributed by atoms with van der Waals surface area (Å²) in [6.45, 7) is 2.70. The van der Waals surface area contributed by atoms with Gasteiger partial charge < -0.3 is 18.8 Å². The van der Waals surface area contributed by atoms with Gasteiger partial charge in [-0.1, -0.05) is 41.9 Å². The first kappa shape index (κ1) is 29.8. The number of furan rings is 1. The number of amides is 1. The molecular weight excluding hydrogens is 580 g/mol. The Morgan fingerprint density at radius 2 is 1.83 bits per heavy atom. The van der Waals surface area contributed by atoms with Crippen molar-refractivity contribution >= 4 is 39.6 Å². The van der Waals surface area contributed by atoms with Crippen LogP contribution in [0.2, 0.25) is 5.02 Å². The maximum absolute atomic E-state index is 13.6. The van der Waals surface area contributed by atoms with Gasteiger partial charge in [0.25, 0.3) is 5.91 Å². The van der Waals surface area contributed by atoms with Crippen LogP contribution in [-0.4, -0.2) is 55.9 Å².